The second-order valence-electron chi connectivity index (χ2n) is 4.06. The molecule has 0 aliphatic carbocycles. The Balaban J connectivity index is 4.09. The van der Waals surface area contributed by atoms with E-state index in [1.54, 1.807) is 20.8 Å². The zero-order valence-electron chi connectivity index (χ0n) is 12.9. The Morgan fingerprint density at radius 3 is 1.86 bits per heavy atom. The third-order valence-corrected chi connectivity index (χ3v) is 2.45. The minimum atomic E-state index is -0.948. The molecule has 122 valence electrons. The Morgan fingerprint density at radius 1 is 0.857 bits per heavy atom. The standard InChI is InChI=1S/C14H24O7/c1-4-19-12(15)10-18-9-7-8-11(13(16)20-5-2)14(17)21-6-3/h11H,4-10H2,1-3H3. The van der Waals surface area contributed by atoms with Crippen LogP contribution in [0.25, 0.3) is 0 Å². The Kier molecular flexibility index (Phi) is 11.2. The molecule has 0 rings (SSSR count). The third-order valence-electron chi connectivity index (χ3n) is 2.45. The fraction of sp³-hybridized carbons (Fsp3) is 0.786. The van der Waals surface area contributed by atoms with Gasteiger partial charge in [-0.1, -0.05) is 0 Å². The zero-order valence-corrected chi connectivity index (χ0v) is 12.9. The molecule has 0 amide bonds. The molecule has 0 N–H and O–H groups in total. The lowest BCUT2D eigenvalue weighted by molar-refractivity contribution is -0.162. The number of esters is 3. The summed E-state index contributed by atoms with van der Waals surface area (Å²) in [6.45, 7) is 5.86. The first-order valence-electron chi connectivity index (χ1n) is 7.13. The first-order chi connectivity index (χ1) is 10.1. The van der Waals surface area contributed by atoms with Gasteiger partial charge in [0.05, 0.1) is 19.8 Å². The van der Waals surface area contributed by atoms with Gasteiger partial charge in [-0.2, -0.15) is 0 Å². The van der Waals surface area contributed by atoms with E-state index >= 15 is 0 Å². The fourth-order valence-corrected chi connectivity index (χ4v) is 1.57. The Hall–Kier alpha value is -1.63. The summed E-state index contributed by atoms with van der Waals surface area (Å²) in [5.74, 6) is -2.58. The van der Waals surface area contributed by atoms with Crippen LogP contribution in [0, 0.1) is 5.92 Å². The summed E-state index contributed by atoms with van der Waals surface area (Å²) in [6.07, 6.45) is 0.683. The highest BCUT2D eigenvalue weighted by atomic mass is 16.6. The summed E-state index contributed by atoms with van der Waals surface area (Å²) in [7, 11) is 0. The molecule has 0 aromatic heterocycles. The van der Waals surface area contributed by atoms with Crippen molar-refractivity contribution in [2.24, 2.45) is 5.92 Å². The average molecular weight is 304 g/mol. The Morgan fingerprint density at radius 2 is 1.38 bits per heavy atom. The van der Waals surface area contributed by atoms with Crippen molar-refractivity contribution in [1.29, 1.82) is 0 Å². The van der Waals surface area contributed by atoms with E-state index in [0.29, 0.717) is 13.0 Å². The topological polar surface area (TPSA) is 88.1 Å². The smallest absolute Gasteiger partial charge is 0.332 e. The molecule has 21 heavy (non-hydrogen) atoms. The highest BCUT2D eigenvalue weighted by Crippen LogP contribution is 2.12. The number of hydrogen-bond donors (Lipinski definition) is 0. The van der Waals surface area contributed by atoms with Crippen LogP contribution in [-0.4, -0.2) is 50.9 Å². The molecule has 0 bridgehead atoms. The van der Waals surface area contributed by atoms with Gasteiger partial charge in [0.1, 0.15) is 6.61 Å². The van der Waals surface area contributed by atoms with Crippen molar-refractivity contribution in [3.63, 3.8) is 0 Å². The van der Waals surface area contributed by atoms with E-state index in [1.165, 1.54) is 0 Å². The molecule has 0 unspecified atom stereocenters. The van der Waals surface area contributed by atoms with Crippen LogP contribution < -0.4 is 0 Å². The predicted molar refractivity (Wildman–Crippen MR) is 73.4 cm³/mol. The van der Waals surface area contributed by atoms with Crippen molar-refractivity contribution in [3.8, 4) is 0 Å². The van der Waals surface area contributed by atoms with Gasteiger partial charge in [-0.3, -0.25) is 9.59 Å². The van der Waals surface area contributed by atoms with Gasteiger partial charge in [-0.15, -0.1) is 0 Å². The van der Waals surface area contributed by atoms with Crippen LogP contribution in [0.5, 0.6) is 0 Å². The largest absolute Gasteiger partial charge is 0.465 e. The molecule has 0 aliphatic rings. The fourth-order valence-electron chi connectivity index (χ4n) is 1.57. The first kappa shape index (κ1) is 19.4. The molecule has 0 saturated carbocycles. The highest BCUT2D eigenvalue weighted by Gasteiger charge is 2.28. The molecule has 7 nitrogen and oxygen atoms in total. The molecule has 0 spiro atoms. The first-order valence-corrected chi connectivity index (χ1v) is 7.13. The third kappa shape index (κ3) is 9.01. The van der Waals surface area contributed by atoms with Gasteiger partial charge >= 0.3 is 17.9 Å². The van der Waals surface area contributed by atoms with Crippen LogP contribution in [0.4, 0.5) is 0 Å². The maximum absolute atomic E-state index is 11.7. The van der Waals surface area contributed by atoms with Gasteiger partial charge in [-0.05, 0) is 33.6 Å². The summed E-state index contributed by atoms with van der Waals surface area (Å²) in [5.41, 5.74) is 0. The van der Waals surface area contributed by atoms with Crippen molar-refractivity contribution < 1.29 is 33.3 Å². The van der Waals surface area contributed by atoms with E-state index in [4.69, 9.17) is 18.9 Å². The molecular formula is C14H24O7. The second kappa shape index (κ2) is 12.1. The van der Waals surface area contributed by atoms with Crippen molar-refractivity contribution in [1.82, 2.24) is 0 Å². The molecule has 0 atom stereocenters. The molecule has 0 aromatic rings. The summed E-state index contributed by atoms with van der Waals surface area (Å²) in [4.78, 5) is 34.4. The minimum Gasteiger partial charge on any atom is -0.465 e. The number of rotatable bonds is 11. The zero-order chi connectivity index (χ0) is 16.1. The maximum Gasteiger partial charge on any atom is 0.332 e. The van der Waals surface area contributed by atoms with Gasteiger partial charge in [0.15, 0.2) is 5.92 Å². The Labute approximate surface area is 124 Å². The van der Waals surface area contributed by atoms with Gasteiger partial charge < -0.3 is 18.9 Å². The molecular weight excluding hydrogens is 280 g/mol. The number of carbonyl (C=O) groups excluding carboxylic acids is 3. The SMILES string of the molecule is CCOC(=O)COCCCC(C(=O)OCC)C(=O)OCC. The van der Waals surface area contributed by atoms with Crippen LogP contribution in [0.1, 0.15) is 33.6 Å². The summed E-state index contributed by atoms with van der Waals surface area (Å²) in [6, 6.07) is 0. The van der Waals surface area contributed by atoms with Gasteiger partial charge in [-0.25, -0.2) is 4.79 Å². The van der Waals surface area contributed by atoms with Crippen molar-refractivity contribution in [2.45, 2.75) is 33.6 Å². The van der Waals surface area contributed by atoms with Crippen molar-refractivity contribution in [3.05, 3.63) is 0 Å². The van der Waals surface area contributed by atoms with Crippen LogP contribution in [0.3, 0.4) is 0 Å². The molecule has 0 fully saturated rings. The molecule has 0 aliphatic heterocycles. The lowest BCUT2D eigenvalue weighted by atomic mass is 10.0. The molecule has 0 saturated heterocycles. The maximum atomic E-state index is 11.7. The second-order valence-corrected chi connectivity index (χ2v) is 4.06. The summed E-state index contributed by atoms with van der Waals surface area (Å²) in [5, 5.41) is 0. The molecule has 0 radical (unpaired) electrons. The van der Waals surface area contributed by atoms with E-state index in [-0.39, 0.29) is 32.8 Å². The van der Waals surface area contributed by atoms with E-state index in [9.17, 15) is 14.4 Å². The van der Waals surface area contributed by atoms with Crippen LogP contribution in [0.15, 0.2) is 0 Å². The summed E-state index contributed by atoms with van der Waals surface area (Å²) < 4.78 is 19.5. The normalized spacial score (nSPS) is 10.3. The predicted octanol–water partition coefficient (Wildman–Crippen LogP) is 1.09. The van der Waals surface area contributed by atoms with Crippen molar-refractivity contribution >= 4 is 17.9 Å². The lowest BCUT2D eigenvalue weighted by Crippen LogP contribution is -2.28. The highest BCUT2D eigenvalue weighted by molar-refractivity contribution is 5.94. The number of hydrogen-bond acceptors (Lipinski definition) is 7. The van der Waals surface area contributed by atoms with E-state index < -0.39 is 23.8 Å². The van der Waals surface area contributed by atoms with Gasteiger partial charge in [0, 0.05) is 6.61 Å². The average Bonchev–Trinajstić information content (AvgIpc) is 2.43. The van der Waals surface area contributed by atoms with E-state index in [0.717, 1.165) is 0 Å². The molecule has 7 heteroatoms. The monoisotopic (exact) mass is 304 g/mol. The molecule has 0 aromatic carbocycles. The quantitative estimate of drug-likeness (QED) is 0.244. The van der Waals surface area contributed by atoms with Crippen LogP contribution in [-0.2, 0) is 33.3 Å². The lowest BCUT2D eigenvalue weighted by Gasteiger charge is -2.14. The van der Waals surface area contributed by atoms with Gasteiger partial charge in [0.2, 0.25) is 0 Å². The van der Waals surface area contributed by atoms with E-state index in [2.05, 4.69) is 0 Å². The van der Waals surface area contributed by atoms with Crippen molar-refractivity contribution in [2.75, 3.05) is 33.0 Å². The number of carbonyl (C=O) groups is 3. The Bertz CT molecular complexity index is 309. The summed E-state index contributed by atoms with van der Waals surface area (Å²) >= 11 is 0. The van der Waals surface area contributed by atoms with Gasteiger partial charge in [0.25, 0.3) is 0 Å². The van der Waals surface area contributed by atoms with E-state index in [1.807, 2.05) is 0 Å². The minimum absolute atomic E-state index is 0.142. The van der Waals surface area contributed by atoms with Crippen LogP contribution in [0.2, 0.25) is 0 Å². The van der Waals surface area contributed by atoms with Crippen LogP contribution >= 0.6 is 0 Å². The number of ether oxygens (including phenoxy) is 4. The molecule has 0 heterocycles.